The quantitative estimate of drug-likeness (QED) is 0.691. The van der Waals surface area contributed by atoms with Crippen LogP contribution >= 0.6 is 0 Å². The first-order valence-electron chi connectivity index (χ1n) is 5.92. The SMILES string of the molecule is C[C@H]1C[C@@H](NC2CCOCC2)CCN1. The second-order valence-corrected chi connectivity index (χ2v) is 4.63. The highest BCUT2D eigenvalue weighted by Crippen LogP contribution is 2.13. The molecular formula is C11H22N2O. The van der Waals surface area contributed by atoms with Gasteiger partial charge >= 0.3 is 0 Å². The van der Waals surface area contributed by atoms with Crippen molar-refractivity contribution in [3.05, 3.63) is 0 Å². The van der Waals surface area contributed by atoms with Crippen LogP contribution in [0.25, 0.3) is 0 Å². The Morgan fingerprint density at radius 2 is 1.93 bits per heavy atom. The van der Waals surface area contributed by atoms with Crippen LogP contribution < -0.4 is 10.6 Å². The molecule has 2 aliphatic rings. The zero-order chi connectivity index (χ0) is 9.80. The number of ether oxygens (including phenoxy) is 1. The van der Waals surface area contributed by atoms with E-state index < -0.39 is 0 Å². The Morgan fingerprint density at radius 1 is 1.14 bits per heavy atom. The van der Waals surface area contributed by atoms with Crippen LogP contribution in [0.4, 0.5) is 0 Å². The topological polar surface area (TPSA) is 33.3 Å². The average molecular weight is 198 g/mol. The maximum absolute atomic E-state index is 5.36. The molecule has 0 saturated carbocycles. The molecule has 0 radical (unpaired) electrons. The Labute approximate surface area is 86.6 Å². The van der Waals surface area contributed by atoms with Crippen molar-refractivity contribution in [2.75, 3.05) is 19.8 Å². The molecule has 0 aromatic carbocycles. The monoisotopic (exact) mass is 198 g/mol. The Morgan fingerprint density at radius 3 is 2.64 bits per heavy atom. The van der Waals surface area contributed by atoms with Crippen LogP contribution in [0.1, 0.15) is 32.6 Å². The number of hydrogen-bond donors (Lipinski definition) is 2. The molecule has 0 aromatic heterocycles. The summed E-state index contributed by atoms with van der Waals surface area (Å²) >= 11 is 0. The number of hydrogen-bond acceptors (Lipinski definition) is 3. The van der Waals surface area contributed by atoms with Gasteiger partial charge in [0, 0.05) is 31.3 Å². The molecule has 2 aliphatic heterocycles. The van der Waals surface area contributed by atoms with Gasteiger partial charge in [0.05, 0.1) is 0 Å². The largest absolute Gasteiger partial charge is 0.381 e. The molecule has 0 bridgehead atoms. The van der Waals surface area contributed by atoms with E-state index in [4.69, 9.17) is 4.74 Å². The minimum atomic E-state index is 0.682. The van der Waals surface area contributed by atoms with E-state index in [0.29, 0.717) is 12.1 Å². The first-order chi connectivity index (χ1) is 6.84. The van der Waals surface area contributed by atoms with Gasteiger partial charge in [0.25, 0.3) is 0 Å². The molecule has 0 unspecified atom stereocenters. The molecule has 2 N–H and O–H groups in total. The summed E-state index contributed by atoms with van der Waals surface area (Å²) in [7, 11) is 0. The normalized spacial score (nSPS) is 35.8. The van der Waals surface area contributed by atoms with Gasteiger partial charge < -0.3 is 15.4 Å². The number of rotatable bonds is 2. The van der Waals surface area contributed by atoms with E-state index in [1.165, 1.54) is 32.2 Å². The summed E-state index contributed by atoms with van der Waals surface area (Å²) in [6.07, 6.45) is 4.94. The van der Waals surface area contributed by atoms with Gasteiger partial charge in [0.15, 0.2) is 0 Å². The van der Waals surface area contributed by atoms with Crippen LogP contribution in [0.2, 0.25) is 0 Å². The molecule has 2 saturated heterocycles. The van der Waals surface area contributed by atoms with Crippen molar-refractivity contribution < 1.29 is 4.74 Å². The molecule has 0 aliphatic carbocycles. The van der Waals surface area contributed by atoms with Crippen molar-refractivity contribution in [3.8, 4) is 0 Å². The van der Waals surface area contributed by atoms with E-state index >= 15 is 0 Å². The molecular weight excluding hydrogens is 176 g/mol. The van der Waals surface area contributed by atoms with Crippen molar-refractivity contribution >= 4 is 0 Å². The van der Waals surface area contributed by atoms with Gasteiger partial charge in [-0.2, -0.15) is 0 Å². The molecule has 82 valence electrons. The molecule has 2 atom stereocenters. The molecule has 14 heavy (non-hydrogen) atoms. The summed E-state index contributed by atoms with van der Waals surface area (Å²) < 4.78 is 5.36. The van der Waals surface area contributed by atoms with Gasteiger partial charge in [0.2, 0.25) is 0 Å². The smallest absolute Gasteiger partial charge is 0.0480 e. The summed E-state index contributed by atoms with van der Waals surface area (Å²) in [6, 6.07) is 2.12. The molecule has 3 nitrogen and oxygen atoms in total. The Kier molecular flexibility index (Phi) is 3.79. The predicted molar refractivity (Wildman–Crippen MR) is 57.5 cm³/mol. The minimum absolute atomic E-state index is 0.682. The maximum Gasteiger partial charge on any atom is 0.0480 e. The summed E-state index contributed by atoms with van der Waals surface area (Å²) in [5.74, 6) is 0. The van der Waals surface area contributed by atoms with E-state index in [1.54, 1.807) is 0 Å². The van der Waals surface area contributed by atoms with Crippen LogP contribution in [0.15, 0.2) is 0 Å². The van der Waals surface area contributed by atoms with Crippen molar-refractivity contribution in [2.24, 2.45) is 0 Å². The molecule has 0 amide bonds. The fourth-order valence-electron chi connectivity index (χ4n) is 2.48. The number of piperidine rings is 1. The fraction of sp³-hybridized carbons (Fsp3) is 1.00. The lowest BCUT2D eigenvalue weighted by molar-refractivity contribution is 0.0728. The highest BCUT2D eigenvalue weighted by atomic mass is 16.5. The zero-order valence-corrected chi connectivity index (χ0v) is 9.09. The highest BCUT2D eigenvalue weighted by Gasteiger charge is 2.22. The second kappa shape index (κ2) is 5.10. The van der Waals surface area contributed by atoms with Crippen LogP contribution in [-0.2, 0) is 4.74 Å². The Hall–Kier alpha value is -0.120. The van der Waals surface area contributed by atoms with E-state index in [2.05, 4.69) is 17.6 Å². The fourth-order valence-corrected chi connectivity index (χ4v) is 2.48. The van der Waals surface area contributed by atoms with Gasteiger partial charge in [-0.3, -0.25) is 0 Å². The van der Waals surface area contributed by atoms with E-state index in [0.717, 1.165) is 19.3 Å². The van der Waals surface area contributed by atoms with Gasteiger partial charge in [-0.1, -0.05) is 0 Å². The summed E-state index contributed by atoms with van der Waals surface area (Å²) in [4.78, 5) is 0. The molecule has 2 fully saturated rings. The third kappa shape index (κ3) is 2.94. The first kappa shape index (κ1) is 10.4. The Bertz CT molecular complexity index is 169. The molecule has 2 rings (SSSR count). The molecule has 3 heteroatoms. The lowest BCUT2D eigenvalue weighted by Crippen LogP contribution is -2.49. The number of nitrogens with one attached hydrogen (secondary N) is 2. The summed E-state index contributed by atoms with van der Waals surface area (Å²) in [5, 5.41) is 7.25. The van der Waals surface area contributed by atoms with Crippen molar-refractivity contribution in [3.63, 3.8) is 0 Å². The lowest BCUT2D eigenvalue weighted by Gasteiger charge is -2.33. The summed E-state index contributed by atoms with van der Waals surface area (Å²) in [6.45, 7) is 5.33. The van der Waals surface area contributed by atoms with E-state index in [1.807, 2.05) is 0 Å². The molecule has 0 spiro atoms. The molecule has 0 aromatic rings. The van der Waals surface area contributed by atoms with Crippen molar-refractivity contribution in [2.45, 2.75) is 50.7 Å². The Balaban J connectivity index is 1.72. The van der Waals surface area contributed by atoms with Crippen molar-refractivity contribution in [1.29, 1.82) is 0 Å². The third-order valence-corrected chi connectivity index (χ3v) is 3.32. The van der Waals surface area contributed by atoms with Crippen LogP contribution in [0.5, 0.6) is 0 Å². The third-order valence-electron chi connectivity index (χ3n) is 3.32. The van der Waals surface area contributed by atoms with E-state index in [9.17, 15) is 0 Å². The van der Waals surface area contributed by atoms with Gasteiger partial charge in [-0.05, 0) is 39.2 Å². The zero-order valence-electron chi connectivity index (χ0n) is 9.09. The van der Waals surface area contributed by atoms with E-state index in [-0.39, 0.29) is 0 Å². The van der Waals surface area contributed by atoms with Gasteiger partial charge in [0.1, 0.15) is 0 Å². The minimum Gasteiger partial charge on any atom is -0.381 e. The summed E-state index contributed by atoms with van der Waals surface area (Å²) in [5.41, 5.74) is 0. The lowest BCUT2D eigenvalue weighted by atomic mass is 9.98. The second-order valence-electron chi connectivity index (χ2n) is 4.63. The standard InChI is InChI=1S/C11H22N2O/c1-9-8-11(2-5-12-9)13-10-3-6-14-7-4-10/h9-13H,2-8H2,1H3/t9-,11-/m0/s1. The predicted octanol–water partition coefficient (Wildman–Crippen LogP) is 0.895. The maximum atomic E-state index is 5.36. The molecule has 2 heterocycles. The first-order valence-corrected chi connectivity index (χ1v) is 5.92. The van der Waals surface area contributed by atoms with Crippen LogP contribution in [0.3, 0.4) is 0 Å². The van der Waals surface area contributed by atoms with Crippen LogP contribution in [0, 0.1) is 0 Å². The van der Waals surface area contributed by atoms with Crippen molar-refractivity contribution in [1.82, 2.24) is 10.6 Å². The van der Waals surface area contributed by atoms with Gasteiger partial charge in [-0.25, -0.2) is 0 Å². The average Bonchev–Trinajstić information content (AvgIpc) is 2.19. The van der Waals surface area contributed by atoms with Gasteiger partial charge in [-0.15, -0.1) is 0 Å². The van der Waals surface area contributed by atoms with Crippen LogP contribution in [-0.4, -0.2) is 37.9 Å². The highest BCUT2D eigenvalue weighted by molar-refractivity contribution is 4.83.